The Kier molecular flexibility index (Phi) is 7.43. The van der Waals surface area contributed by atoms with Crippen LogP contribution >= 0.6 is 0 Å². The Morgan fingerprint density at radius 1 is 1.11 bits per heavy atom. The van der Waals surface area contributed by atoms with Gasteiger partial charge in [0.1, 0.15) is 6.17 Å². The van der Waals surface area contributed by atoms with Crippen molar-refractivity contribution in [1.82, 2.24) is 4.90 Å². The predicted molar refractivity (Wildman–Crippen MR) is 79.7 cm³/mol. The van der Waals surface area contributed by atoms with Crippen molar-refractivity contribution in [2.24, 2.45) is 17.8 Å². The van der Waals surface area contributed by atoms with Gasteiger partial charge in [-0.15, -0.1) is 0 Å². The third-order valence-corrected chi connectivity index (χ3v) is 5.33. The highest BCUT2D eigenvalue weighted by molar-refractivity contribution is 4.95. The standard InChI is InChI=1S/C16H34FN/c1-9-12(4)15(13(5)14(6)17)16(7,10-2)18(8)11-3/h12-15H,9-11H2,1-8H3. The molecule has 0 aliphatic rings. The van der Waals surface area contributed by atoms with Crippen molar-refractivity contribution in [2.75, 3.05) is 13.6 Å². The molecular weight excluding hydrogens is 225 g/mol. The highest BCUT2D eigenvalue weighted by Crippen LogP contribution is 2.41. The fourth-order valence-electron chi connectivity index (χ4n) is 3.36. The molecule has 0 amide bonds. The van der Waals surface area contributed by atoms with E-state index < -0.39 is 6.17 Å². The van der Waals surface area contributed by atoms with Crippen LogP contribution in [0.5, 0.6) is 0 Å². The van der Waals surface area contributed by atoms with Crippen molar-refractivity contribution in [3.05, 3.63) is 0 Å². The van der Waals surface area contributed by atoms with Gasteiger partial charge in [-0.3, -0.25) is 0 Å². The summed E-state index contributed by atoms with van der Waals surface area (Å²) < 4.78 is 13.9. The largest absolute Gasteiger partial charge is 0.301 e. The Bertz CT molecular complexity index is 229. The maximum atomic E-state index is 13.9. The zero-order valence-electron chi connectivity index (χ0n) is 13.8. The van der Waals surface area contributed by atoms with E-state index in [1.165, 1.54) is 0 Å². The third-order valence-electron chi connectivity index (χ3n) is 5.33. The zero-order valence-corrected chi connectivity index (χ0v) is 13.8. The summed E-state index contributed by atoms with van der Waals surface area (Å²) in [5, 5.41) is 0. The number of nitrogens with zero attached hydrogens (tertiary/aromatic N) is 1. The Morgan fingerprint density at radius 3 is 1.89 bits per heavy atom. The molecule has 0 fully saturated rings. The summed E-state index contributed by atoms with van der Waals surface area (Å²) in [6.45, 7) is 16.0. The lowest BCUT2D eigenvalue weighted by molar-refractivity contribution is -0.00960. The molecule has 0 spiro atoms. The Hall–Kier alpha value is -0.110. The van der Waals surface area contributed by atoms with Crippen molar-refractivity contribution in [1.29, 1.82) is 0 Å². The highest BCUT2D eigenvalue weighted by Gasteiger charge is 2.42. The van der Waals surface area contributed by atoms with Gasteiger partial charge in [0.2, 0.25) is 0 Å². The van der Waals surface area contributed by atoms with Gasteiger partial charge in [0.05, 0.1) is 0 Å². The van der Waals surface area contributed by atoms with Crippen LogP contribution in [0, 0.1) is 17.8 Å². The van der Waals surface area contributed by atoms with Gasteiger partial charge in [0.25, 0.3) is 0 Å². The minimum atomic E-state index is -0.736. The van der Waals surface area contributed by atoms with Gasteiger partial charge in [-0.2, -0.15) is 0 Å². The lowest BCUT2D eigenvalue weighted by Crippen LogP contribution is -2.54. The molecule has 0 aromatic carbocycles. The molecule has 18 heavy (non-hydrogen) atoms. The molecule has 0 aromatic heterocycles. The van der Waals surface area contributed by atoms with Crippen LogP contribution in [0.4, 0.5) is 4.39 Å². The molecule has 0 aromatic rings. The van der Waals surface area contributed by atoms with Crippen LogP contribution in [-0.2, 0) is 0 Å². The van der Waals surface area contributed by atoms with Crippen LogP contribution in [0.1, 0.15) is 61.3 Å². The molecule has 0 rings (SSSR count). The molecule has 0 aliphatic carbocycles. The number of alkyl halides is 1. The molecular formula is C16H34FN. The Morgan fingerprint density at radius 2 is 1.61 bits per heavy atom. The van der Waals surface area contributed by atoms with E-state index in [4.69, 9.17) is 0 Å². The summed E-state index contributed by atoms with van der Waals surface area (Å²) >= 11 is 0. The Labute approximate surface area is 114 Å². The van der Waals surface area contributed by atoms with E-state index >= 15 is 0 Å². The average Bonchev–Trinajstić information content (AvgIpc) is 2.36. The van der Waals surface area contributed by atoms with Crippen molar-refractivity contribution < 1.29 is 4.39 Å². The molecule has 2 heteroatoms. The summed E-state index contributed by atoms with van der Waals surface area (Å²) in [4.78, 5) is 2.41. The van der Waals surface area contributed by atoms with Crippen molar-refractivity contribution in [3.63, 3.8) is 0 Å². The molecule has 0 saturated heterocycles. The number of hydrogen-bond donors (Lipinski definition) is 0. The molecule has 5 atom stereocenters. The van der Waals surface area contributed by atoms with E-state index in [1.807, 2.05) is 0 Å². The van der Waals surface area contributed by atoms with Crippen molar-refractivity contribution >= 4 is 0 Å². The van der Waals surface area contributed by atoms with Crippen LogP contribution in [0.2, 0.25) is 0 Å². The van der Waals surface area contributed by atoms with E-state index in [0.717, 1.165) is 19.4 Å². The molecule has 0 saturated carbocycles. The number of halogens is 1. The average molecular weight is 259 g/mol. The van der Waals surface area contributed by atoms with E-state index in [-0.39, 0.29) is 11.5 Å². The lowest BCUT2D eigenvalue weighted by Gasteiger charge is -2.49. The summed E-state index contributed by atoms with van der Waals surface area (Å²) in [7, 11) is 2.18. The molecule has 0 bridgehead atoms. The zero-order chi connectivity index (χ0) is 14.5. The highest BCUT2D eigenvalue weighted by atomic mass is 19.1. The number of rotatable bonds is 8. The summed E-state index contributed by atoms with van der Waals surface area (Å²) in [6.07, 6.45) is 1.46. The maximum Gasteiger partial charge on any atom is 0.100 e. The van der Waals surface area contributed by atoms with Crippen LogP contribution in [0.3, 0.4) is 0 Å². The summed E-state index contributed by atoms with van der Waals surface area (Å²) in [5.74, 6) is 1.06. The van der Waals surface area contributed by atoms with Crippen LogP contribution in [0.15, 0.2) is 0 Å². The summed E-state index contributed by atoms with van der Waals surface area (Å²) in [5.41, 5.74) is 0.0872. The van der Waals surface area contributed by atoms with E-state index in [9.17, 15) is 4.39 Å². The summed E-state index contributed by atoms with van der Waals surface area (Å²) in [6, 6.07) is 0. The first-order valence-electron chi connectivity index (χ1n) is 7.61. The fraction of sp³-hybridized carbons (Fsp3) is 1.00. The lowest BCUT2D eigenvalue weighted by atomic mass is 9.67. The second-order valence-corrected chi connectivity index (χ2v) is 6.17. The van der Waals surface area contributed by atoms with E-state index in [2.05, 4.69) is 53.5 Å². The minimum absolute atomic E-state index is 0.0872. The molecule has 0 N–H and O–H groups in total. The normalized spacial score (nSPS) is 22.3. The first kappa shape index (κ1) is 17.9. The van der Waals surface area contributed by atoms with Crippen LogP contribution < -0.4 is 0 Å². The SMILES string of the molecule is CCC(C)C(C(C)C(C)F)C(C)(CC)N(C)CC. The predicted octanol–water partition coefficient (Wildman–Crippen LogP) is 4.76. The molecule has 5 unspecified atom stereocenters. The number of hydrogen-bond acceptors (Lipinski definition) is 1. The monoisotopic (exact) mass is 259 g/mol. The smallest absolute Gasteiger partial charge is 0.100 e. The Balaban J connectivity index is 5.38. The minimum Gasteiger partial charge on any atom is -0.301 e. The first-order chi connectivity index (χ1) is 8.26. The van der Waals surface area contributed by atoms with Gasteiger partial charge in [0, 0.05) is 5.54 Å². The van der Waals surface area contributed by atoms with Crippen molar-refractivity contribution in [2.45, 2.75) is 73.0 Å². The molecule has 0 aliphatic heterocycles. The molecule has 110 valence electrons. The molecule has 0 heterocycles. The van der Waals surface area contributed by atoms with Gasteiger partial charge in [-0.05, 0) is 51.6 Å². The van der Waals surface area contributed by atoms with Gasteiger partial charge in [0.15, 0.2) is 0 Å². The van der Waals surface area contributed by atoms with Gasteiger partial charge < -0.3 is 4.90 Å². The van der Waals surface area contributed by atoms with Crippen LogP contribution in [0.25, 0.3) is 0 Å². The van der Waals surface area contributed by atoms with Crippen LogP contribution in [-0.4, -0.2) is 30.2 Å². The van der Waals surface area contributed by atoms with Gasteiger partial charge in [-0.1, -0.05) is 41.0 Å². The quantitative estimate of drug-likeness (QED) is 0.607. The molecule has 1 nitrogen and oxygen atoms in total. The fourth-order valence-corrected chi connectivity index (χ4v) is 3.36. The second-order valence-electron chi connectivity index (χ2n) is 6.17. The van der Waals surface area contributed by atoms with Gasteiger partial charge in [-0.25, -0.2) is 4.39 Å². The molecule has 0 radical (unpaired) electrons. The maximum absolute atomic E-state index is 13.9. The van der Waals surface area contributed by atoms with Crippen molar-refractivity contribution in [3.8, 4) is 0 Å². The van der Waals surface area contributed by atoms with E-state index in [0.29, 0.717) is 11.8 Å². The van der Waals surface area contributed by atoms with Gasteiger partial charge >= 0.3 is 0 Å². The topological polar surface area (TPSA) is 3.24 Å². The third kappa shape index (κ3) is 3.69. The van der Waals surface area contributed by atoms with E-state index in [1.54, 1.807) is 6.92 Å². The second kappa shape index (κ2) is 7.47. The first-order valence-corrected chi connectivity index (χ1v) is 7.61.